The predicted octanol–water partition coefficient (Wildman–Crippen LogP) is 3.10. The summed E-state index contributed by atoms with van der Waals surface area (Å²) in [6, 6.07) is 4.61. The van der Waals surface area contributed by atoms with Crippen LogP contribution in [0.4, 0.5) is 5.69 Å². The number of rotatable bonds is 2. The molecule has 2 nitrogen and oxygen atoms in total. The number of hydrogen-bond acceptors (Lipinski definition) is 2. The van der Waals surface area contributed by atoms with E-state index in [1.54, 1.807) is 7.11 Å². The maximum atomic E-state index is 6.28. The van der Waals surface area contributed by atoms with E-state index >= 15 is 0 Å². The Labute approximate surface area is 94.6 Å². The van der Waals surface area contributed by atoms with E-state index < -0.39 is 0 Å². The van der Waals surface area contributed by atoms with E-state index in [1.165, 1.54) is 24.1 Å². The lowest BCUT2D eigenvalue weighted by atomic mass is 10.1. The van der Waals surface area contributed by atoms with Crippen molar-refractivity contribution >= 4 is 17.3 Å². The molecule has 0 saturated heterocycles. The van der Waals surface area contributed by atoms with E-state index in [2.05, 4.69) is 11.4 Å². The molecule has 1 atom stereocenters. The quantitative estimate of drug-likeness (QED) is 0.832. The summed E-state index contributed by atoms with van der Waals surface area (Å²) in [7, 11) is 1.66. The Balaban J connectivity index is 1.94. The van der Waals surface area contributed by atoms with Crippen LogP contribution in [0.5, 0.6) is 5.75 Å². The van der Waals surface area contributed by atoms with Crippen LogP contribution in [0.2, 0.25) is 5.02 Å². The van der Waals surface area contributed by atoms with Gasteiger partial charge in [0.1, 0.15) is 5.75 Å². The average Bonchev–Trinajstić information content (AvgIpc) is 2.99. The third-order valence-corrected chi connectivity index (χ3v) is 3.80. The molecule has 1 aromatic carbocycles. The molecule has 3 rings (SSSR count). The first-order valence-corrected chi connectivity index (χ1v) is 5.79. The Kier molecular flexibility index (Phi) is 2.06. The monoisotopic (exact) mass is 223 g/mol. The summed E-state index contributed by atoms with van der Waals surface area (Å²) in [6.07, 6.45) is 3.77. The summed E-state index contributed by atoms with van der Waals surface area (Å²) < 4.78 is 5.22. The molecule has 0 radical (unpaired) electrons. The van der Waals surface area contributed by atoms with Crippen molar-refractivity contribution in [2.75, 3.05) is 12.4 Å². The summed E-state index contributed by atoms with van der Waals surface area (Å²) >= 11 is 6.28. The number of nitrogens with one attached hydrogen (secondary N) is 1. The number of methoxy groups -OCH3 is 1. The van der Waals surface area contributed by atoms with Gasteiger partial charge in [-0.05, 0) is 42.9 Å². The van der Waals surface area contributed by atoms with Gasteiger partial charge in [0.25, 0.3) is 0 Å². The topological polar surface area (TPSA) is 21.3 Å². The molecule has 1 aliphatic carbocycles. The average molecular weight is 224 g/mol. The molecule has 3 heteroatoms. The minimum absolute atomic E-state index is 0.601. The number of hydrogen-bond donors (Lipinski definition) is 1. The molecule has 80 valence electrons. The van der Waals surface area contributed by atoms with E-state index in [0.29, 0.717) is 6.04 Å². The largest absolute Gasteiger partial charge is 0.495 e. The van der Waals surface area contributed by atoms with Gasteiger partial charge in [-0.2, -0.15) is 0 Å². The lowest BCUT2D eigenvalue weighted by Crippen LogP contribution is -2.17. The highest BCUT2D eigenvalue weighted by atomic mass is 35.5. The number of halogens is 1. The van der Waals surface area contributed by atoms with Crippen molar-refractivity contribution in [3.05, 3.63) is 22.7 Å². The third kappa shape index (κ3) is 1.48. The van der Waals surface area contributed by atoms with Gasteiger partial charge in [0, 0.05) is 11.7 Å². The van der Waals surface area contributed by atoms with Crippen LogP contribution in [0.25, 0.3) is 0 Å². The Morgan fingerprint density at radius 1 is 1.40 bits per heavy atom. The highest BCUT2D eigenvalue weighted by Crippen LogP contribution is 2.44. The number of ether oxygens (including phenoxy) is 1. The van der Waals surface area contributed by atoms with Gasteiger partial charge in [0.05, 0.1) is 12.1 Å². The Morgan fingerprint density at radius 2 is 2.20 bits per heavy atom. The van der Waals surface area contributed by atoms with Crippen molar-refractivity contribution in [2.45, 2.75) is 25.3 Å². The maximum Gasteiger partial charge on any atom is 0.137 e. The van der Waals surface area contributed by atoms with Crippen molar-refractivity contribution < 1.29 is 4.74 Å². The van der Waals surface area contributed by atoms with Gasteiger partial charge in [-0.3, -0.25) is 0 Å². The zero-order valence-corrected chi connectivity index (χ0v) is 9.47. The number of benzene rings is 1. The van der Waals surface area contributed by atoms with Gasteiger partial charge in [-0.1, -0.05) is 11.6 Å². The van der Waals surface area contributed by atoms with E-state index in [1.807, 2.05) is 6.07 Å². The molecule has 1 saturated carbocycles. The van der Waals surface area contributed by atoms with Crippen molar-refractivity contribution in [3.8, 4) is 5.75 Å². The summed E-state index contributed by atoms with van der Waals surface area (Å²) in [5.74, 6) is 1.65. The molecule has 1 aromatic rings. The minimum Gasteiger partial charge on any atom is -0.495 e. The zero-order valence-electron chi connectivity index (χ0n) is 8.72. The van der Waals surface area contributed by atoms with Crippen molar-refractivity contribution in [1.29, 1.82) is 0 Å². The minimum atomic E-state index is 0.601. The van der Waals surface area contributed by atoms with Crippen LogP contribution in [0.3, 0.4) is 0 Å². The standard InChI is InChI=1S/C12H14ClNO/c1-15-11-5-4-9-8(12(11)13)6-10(14-9)7-2-3-7/h4-5,7,10,14H,2-3,6H2,1H3. The molecule has 1 fully saturated rings. The molecule has 1 heterocycles. The van der Waals surface area contributed by atoms with Gasteiger partial charge in [-0.25, -0.2) is 0 Å². The molecule has 0 spiro atoms. The maximum absolute atomic E-state index is 6.28. The van der Waals surface area contributed by atoms with Crippen molar-refractivity contribution in [1.82, 2.24) is 0 Å². The van der Waals surface area contributed by atoms with Gasteiger partial charge in [0.2, 0.25) is 0 Å². The van der Waals surface area contributed by atoms with Crippen LogP contribution in [0, 0.1) is 5.92 Å². The molecule has 0 bridgehead atoms. The van der Waals surface area contributed by atoms with Crippen LogP contribution < -0.4 is 10.1 Å². The molecule has 1 unspecified atom stereocenters. The van der Waals surface area contributed by atoms with Crippen LogP contribution in [-0.2, 0) is 6.42 Å². The van der Waals surface area contributed by atoms with E-state index in [9.17, 15) is 0 Å². The van der Waals surface area contributed by atoms with E-state index in [0.717, 1.165) is 23.1 Å². The third-order valence-electron chi connectivity index (χ3n) is 3.38. The first kappa shape index (κ1) is 9.34. The van der Waals surface area contributed by atoms with Crippen LogP contribution in [0.15, 0.2) is 12.1 Å². The molecular weight excluding hydrogens is 210 g/mol. The van der Waals surface area contributed by atoms with Crippen LogP contribution >= 0.6 is 11.6 Å². The molecular formula is C12H14ClNO. The summed E-state index contributed by atoms with van der Waals surface area (Å²) in [6.45, 7) is 0. The fraction of sp³-hybridized carbons (Fsp3) is 0.500. The van der Waals surface area contributed by atoms with Gasteiger partial charge in [0.15, 0.2) is 0 Å². The molecule has 0 amide bonds. The fourth-order valence-electron chi connectivity index (χ4n) is 2.35. The smallest absolute Gasteiger partial charge is 0.137 e. The summed E-state index contributed by atoms with van der Waals surface area (Å²) in [4.78, 5) is 0. The molecule has 0 aromatic heterocycles. The van der Waals surface area contributed by atoms with E-state index in [-0.39, 0.29) is 0 Å². The predicted molar refractivity (Wildman–Crippen MR) is 61.8 cm³/mol. The second-order valence-corrected chi connectivity index (χ2v) is 4.78. The van der Waals surface area contributed by atoms with Gasteiger partial charge in [-0.15, -0.1) is 0 Å². The summed E-state index contributed by atoms with van der Waals surface area (Å²) in [5, 5.41) is 4.33. The van der Waals surface area contributed by atoms with E-state index in [4.69, 9.17) is 16.3 Å². The van der Waals surface area contributed by atoms with Gasteiger partial charge >= 0.3 is 0 Å². The Hall–Kier alpha value is -0.890. The Morgan fingerprint density at radius 3 is 2.87 bits per heavy atom. The second kappa shape index (κ2) is 3.31. The summed E-state index contributed by atoms with van der Waals surface area (Å²) in [5.41, 5.74) is 2.42. The second-order valence-electron chi connectivity index (χ2n) is 4.40. The SMILES string of the molecule is COc1ccc2c(c1Cl)CC(C1CC1)N2. The molecule has 1 N–H and O–H groups in total. The van der Waals surface area contributed by atoms with Crippen LogP contribution in [-0.4, -0.2) is 13.2 Å². The van der Waals surface area contributed by atoms with Crippen molar-refractivity contribution in [2.24, 2.45) is 5.92 Å². The normalized spacial score (nSPS) is 23.5. The molecule has 2 aliphatic rings. The van der Waals surface area contributed by atoms with Gasteiger partial charge < -0.3 is 10.1 Å². The lowest BCUT2D eigenvalue weighted by Gasteiger charge is -2.08. The van der Waals surface area contributed by atoms with Crippen molar-refractivity contribution in [3.63, 3.8) is 0 Å². The molecule has 1 aliphatic heterocycles. The van der Waals surface area contributed by atoms with Crippen LogP contribution in [0.1, 0.15) is 18.4 Å². The highest BCUT2D eigenvalue weighted by Gasteiger charge is 2.36. The zero-order chi connectivity index (χ0) is 10.4. The Bertz CT molecular complexity index is 401. The first-order chi connectivity index (χ1) is 7.29. The highest BCUT2D eigenvalue weighted by molar-refractivity contribution is 6.33. The fourth-order valence-corrected chi connectivity index (χ4v) is 2.67. The number of anilines is 1. The molecule has 15 heavy (non-hydrogen) atoms. The first-order valence-electron chi connectivity index (χ1n) is 5.41. The lowest BCUT2D eigenvalue weighted by molar-refractivity contribution is 0.414. The number of fused-ring (bicyclic) bond motifs is 1.